The molecule has 5 heteroatoms. The van der Waals surface area contributed by atoms with Crippen molar-refractivity contribution in [1.82, 2.24) is 4.90 Å². The number of amides is 1. The minimum absolute atomic E-state index is 0.106. The molecule has 0 aromatic heterocycles. The highest BCUT2D eigenvalue weighted by Gasteiger charge is 2.17. The number of benzene rings is 2. The molecule has 0 saturated heterocycles. The Hall–Kier alpha value is -2.69. The standard InChI is InChI=1S/C19H20FNO3/c1-21(12-6-5-9-14-7-3-2-4-8-14)18(22)16-11-10-15(19(23)24)13-17(16)20/h2-4,7-8,10-11,13H,5-6,9,12H2,1H3,(H,23,24). The zero-order chi connectivity index (χ0) is 17.5. The Bertz CT molecular complexity index is 716. The number of aromatic carboxylic acids is 1. The fourth-order valence-electron chi connectivity index (χ4n) is 2.45. The van der Waals surface area contributed by atoms with Crippen molar-refractivity contribution in [1.29, 1.82) is 0 Å². The van der Waals surface area contributed by atoms with E-state index in [4.69, 9.17) is 5.11 Å². The summed E-state index contributed by atoms with van der Waals surface area (Å²) in [5.74, 6) is -2.47. The number of carbonyl (C=O) groups is 2. The van der Waals surface area contributed by atoms with E-state index in [1.165, 1.54) is 22.6 Å². The quantitative estimate of drug-likeness (QED) is 0.789. The topological polar surface area (TPSA) is 57.6 Å². The van der Waals surface area contributed by atoms with Gasteiger partial charge in [0.2, 0.25) is 0 Å². The molecular weight excluding hydrogens is 309 g/mol. The van der Waals surface area contributed by atoms with E-state index in [2.05, 4.69) is 12.1 Å². The second kappa shape index (κ2) is 8.24. The lowest BCUT2D eigenvalue weighted by molar-refractivity contribution is 0.0694. The van der Waals surface area contributed by atoms with Crippen LogP contribution in [-0.2, 0) is 6.42 Å². The summed E-state index contributed by atoms with van der Waals surface area (Å²) < 4.78 is 13.9. The first-order valence-corrected chi connectivity index (χ1v) is 7.81. The van der Waals surface area contributed by atoms with Gasteiger partial charge >= 0.3 is 5.97 Å². The first-order chi connectivity index (χ1) is 11.5. The number of carboxylic acids is 1. The molecule has 0 fully saturated rings. The maximum Gasteiger partial charge on any atom is 0.335 e. The summed E-state index contributed by atoms with van der Waals surface area (Å²) in [7, 11) is 1.62. The van der Waals surface area contributed by atoms with Crippen molar-refractivity contribution in [3.8, 4) is 0 Å². The number of hydrogen-bond acceptors (Lipinski definition) is 2. The molecule has 2 aromatic carbocycles. The normalized spacial score (nSPS) is 10.4. The smallest absolute Gasteiger partial charge is 0.335 e. The highest BCUT2D eigenvalue weighted by atomic mass is 19.1. The molecule has 24 heavy (non-hydrogen) atoms. The number of unbranched alkanes of at least 4 members (excludes halogenated alkanes) is 1. The number of hydrogen-bond donors (Lipinski definition) is 1. The summed E-state index contributed by atoms with van der Waals surface area (Å²) in [6, 6.07) is 13.4. The molecule has 2 aromatic rings. The molecule has 0 radical (unpaired) electrons. The molecule has 0 bridgehead atoms. The number of aryl methyl sites for hydroxylation is 1. The predicted molar refractivity (Wildman–Crippen MR) is 89.7 cm³/mol. The highest BCUT2D eigenvalue weighted by molar-refractivity contribution is 5.96. The van der Waals surface area contributed by atoms with Gasteiger partial charge < -0.3 is 10.0 Å². The first kappa shape index (κ1) is 17.7. The fourth-order valence-corrected chi connectivity index (χ4v) is 2.45. The molecule has 0 unspecified atom stereocenters. The monoisotopic (exact) mass is 329 g/mol. The lowest BCUT2D eigenvalue weighted by atomic mass is 10.1. The highest BCUT2D eigenvalue weighted by Crippen LogP contribution is 2.13. The summed E-state index contributed by atoms with van der Waals surface area (Å²) in [6.45, 7) is 0.520. The van der Waals surface area contributed by atoms with E-state index in [0.717, 1.165) is 25.3 Å². The maximum absolute atomic E-state index is 13.9. The summed E-state index contributed by atoms with van der Waals surface area (Å²) in [5.41, 5.74) is 0.974. The van der Waals surface area contributed by atoms with Crippen LogP contribution in [0.15, 0.2) is 48.5 Å². The van der Waals surface area contributed by atoms with E-state index in [9.17, 15) is 14.0 Å². The Morgan fingerprint density at radius 1 is 1.08 bits per heavy atom. The van der Waals surface area contributed by atoms with Gasteiger partial charge in [-0.2, -0.15) is 0 Å². The predicted octanol–water partition coefficient (Wildman–Crippen LogP) is 3.62. The number of nitrogens with zero attached hydrogens (tertiary/aromatic N) is 1. The molecule has 0 aliphatic carbocycles. The molecule has 1 amide bonds. The molecule has 0 aliphatic heterocycles. The minimum Gasteiger partial charge on any atom is -0.478 e. The third kappa shape index (κ3) is 4.65. The van der Waals surface area contributed by atoms with E-state index >= 15 is 0 Å². The summed E-state index contributed by atoms with van der Waals surface area (Å²) in [4.78, 5) is 24.5. The van der Waals surface area contributed by atoms with E-state index in [0.29, 0.717) is 6.54 Å². The van der Waals surface area contributed by atoms with Crippen molar-refractivity contribution in [2.75, 3.05) is 13.6 Å². The molecule has 0 heterocycles. The van der Waals surface area contributed by atoms with Crippen LogP contribution in [0, 0.1) is 5.82 Å². The van der Waals surface area contributed by atoms with Crippen molar-refractivity contribution in [3.05, 3.63) is 71.0 Å². The first-order valence-electron chi connectivity index (χ1n) is 7.81. The van der Waals surface area contributed by atoms with Gasteiger partial charge in [-0.25, -0.2) is 9.18 Å². The van der Waals surface area contributed by atoms with E-state index in [-0.39, 0.29) is 11.1 Å². The molecular formula is C19H20FNO3. The zero-order valence-corrected chi connectivity index (χ0v) is 13.5. The van der Waals surface area contributed by atoms with E-state index in [1.807, 2.05) is 18.2 Å². The number of halogens is 1. The van der Waals surface area contributed by atoms with Crippen LogP contribution in [-0.4, -0.2) is 35.5 Å². The molecule has 0 aliphatic rings. The molecule has 2 rings (SSSR count). The van der Waals surface area contributed by atoms with Gasteiger partial charge in [-0.05, 0) is 43.0 Å². The van der Waals surface area contributed by atoms with Crippen molar-refractivity contribution in [2.45, 2.75) is 19.3 Å². The van der Waals surface area contributed by atoms with Crippen LogP contribution in [0.4, 0.5) is 4.39 Å². The van der Waals surface area contributed by atoms with Gasteiger partial charge in [-0.3, -0.25) is 4.79 Å². The van der Waals surface area contributed by atoms with Gasteiger partial charge in [0.05, 0.1) is 11.1 Å². The van der Waals surface area contributed by atoms with Gasteiger partial charge in [0.1, 0.15) is 5.82 Å². The number of carbonyl (C=O) groups excluding carboxylic acids is 1. The second-order valence-electron chi connectivity index (χ2n) is 5.67. The lowest BCUT2D eigenvalue weighted by Crippen LogP contribution is -2.28. The average molecular weight is 329 g/mol. The van der Waals surface area contributed by atoms with Crippen LogP contribution in [0.25, 0.3) is 0 Å². The molecule has 126 valence electrons. The molecule has 0 saturated carbocycles. The Kier molecular flexibility index (Phi) is 6.07. The van der Waals surface area contributed by atoms with Gasteiger partial charge in [-0.15, -0.1) is 0 Å². The minimum atomic E-state index is -1.22. The maximum atomic E-state index is 13.9. The van der Waals surface area contributed by atoms with Crippen molar-refractivity contribution in [2.24, 2.45) is 0 Å². The van der Waals surface area contributed by atoms with Crippen LogP contribution in [0.2, 0.25) is 0 Å². The number of carboxylic acid groups (broad SMARTS) is 1. The van der Waals surface area contributed by atoms with Crippen LogP contribution < -0.4 is 0 Å². The van der Waals surface area contributed by atoms with Crippen LogP contribution in [0.5, 0.6) is 0 Å². The van der Waals surface area contributed by atoms with Gasteiger partial charge in [0.25, 0.3) is 5.91 Å². The average Bonchev–Trinajstić information content (AvgIpc) is 2.58. The van der Waals surface area contributed by atoms with Crippen molar-refractivity contribution < 1.29 is 19.1 Å². The summed E-state index contributed by atoms with van der Waals surface area (Å²) in [5, 5.41) is 8.82. The van der Waals surface area contributed by atoms with Crippen molar-refractivity contribution >= 4 is 11.9 Å². The lowest BCUT2D eigenvalue weighted by Gasteiger charge is -2.17. The summed E-state index contributed by atoms with van der Waals surface area (Å²) in [6.07, 6.45) is 2.68. The summed E-state index contributed by atoms with van der Waals surface area (Å²) >= 11 is 0. The third-order valence-corrected chi connectivity index (χ3v) is 3.84. The molecule has 0 atom stereocenters. The fraction of sp³-hybridized carbons (Fsp3) is 0.263. The Morgan fingerprint density at radius 2 is 1.79 bits per heavy atom. The van der Waals surface area contributed by atoms with Gasteiger partial charge in [0.15, 0.2) is 0 Å². The van der Waals surface area contributed by atoms with Crippen molar-refractivity contribution in [3.63, 3.8) is 0 Å². The third-order valence-electron chi connectivity index (χ3n) is 3.84. The van der Waals surface area contributed by atoms with Gasteiger partial charge in [-0.1, -0.05) is 30.3 Å². The zero-order valence-electron chi connectivity index (χ0n) is 13.5. The number of rotatable bonds is 7. The molecule has 1 N–H and O–H groups in total. The van der Waals surface area contributed by atoms with E-state index < -0.39 is 17.7 Å². The van der Waals surface area contributed by atoms with E-state index in [1.54, 1.807) is 7.05 Å². The van der Waals surface area contributed by atoms with Gasteiger partial charge in [0, 0.05) is 13.6 Å². The Labute approximate surface area is 140 Å². The molecule has 4 nitrogen and oxygen atoms in total. The van der Waals surface area contributed by atoms with Crippen LogP contribution >= 0.6 is 0 Å². The molecule has 0 spiro atoms. The Balaban J connectivity index is 1.87. The largest absolute Gasteiger partial charge is 0.478 e. The SMILES string of the molecule is CN(CCCCc1ccccc1)C(=O)c1ccc(C(=O)O)cc1F. The second-order valence-corrected chi connectivity index (χ2v) is 5.67. The van der Waals surface area contributed by atoms with Crippen LogP contribution in [0.1, 0.15) is 39.1 Å². The Morgan fingerprint density at radius 3 is 2.42 bits per heavy atom. The van der Waals surface area contributed by atoms with Crippen LogP contribution in [0.3, 0.4) is 0 Å².